The highest BCUT2D eigenvalue weighted by atomic mass is 16.7. The number of urea groups is 1. The molecule has 1 aliphatic rings. The van der Waals surface area contributed by atoms with E-state index in [-0.39, 0.29) is 18.9 Å². The highest BCUT2D eigenvalue weighted by molar-refractivity contribution is 5.89. The largest absolute Gasteiger partial charge is 0.454 e. The minimum atomic E-state index is -0.253. The molecular weight excluding hydrogens is 306 g/mol. The van der Waals surface area contributed by atoms with E-state index in [1.165, 1.54) is 0 Å². The molecule has 6 nitrogen and oxygen atoms in total. The van der Waals surface area contributed by atoms with Crippen molar-refractivity contribution in [1.82, 2.24) is 10.2 Å². The van der Waals surface area contributed by atoms with Crippen molar-refractivity contribution in [2.75, 3.05) is 32.7 Å². The van der Waals surface area contributed by atoms with Crippen LogP contribution in [-0.4, -0.2) is 38.4 Å². The van der Waals surface area contributed by atoms with Crippen molar-refractivity contribution in [3.05, 3.63) is 54.1 Å². The second-order valence-electron chi connectivity index (χ2n) is 5.79. The van der Waals surface area contributed by atoms with Gasteiger partial charge in [0.1, 0.15) is 0 Å². The summed E-state index contributed by atoms with van der Waals surface area (Å²) in [6, 6.07) is 15.3. The first-order chi connectivity index (χ1) is 11.6. The highest BCUT2D eigenvalue weighted by Crippen LogP contribution is 2.34. The Balaban J connectivity index is 1.58. The predicted octanol–water partition coefficient (Wildman–Crippen LogP) is 2.84. The number of anilines is 1. The highest BCUT2D eigenvalue weighted by Gasteiger charge is 2.16. The molecule has 3 rings (SSSR count). The molecule has 0 bridgehead atoms. The molecule has 6 heteroatoms. The van der Waals surface area contributed by atoms with Gasteiger partial charge in [0.25, 0.3) is 0 Å². The smallest absolute Gasteiger partial charge is 0.319 e. The molecule has 1 aliphatic heterocycles. The first kappa shape index (κ1) is 16.1. The average Bonchev–Trinajstić information content (AvgIpc) is 3.03. The average molecular weight is 327 g/mol. The van der Waals surface area contributed by atoms with Crippen LogP contribution >= 0.6 is 0 Å². The van der Waals surface area contributed by atoms with E-state index in [0.717, 1.165) is 5.56 Å². The molecule has 0 spiro atoms. The molecule has 1 atom stereocenters. The summed E-state index contributed by atoms with van der Waals surface area (Å²) in [5, 5.41) is 5.73. The van der Waals surface area contributed by atoms with Crippen molar-refractivity contribution in [2.45, 2.75) is 6.04 Å². The minimum Gasteiger partial charge on any atom is -0.454 e. The summed E-state index contributed by atoms with van der Waals surface area (Å²) < 4.78 is 10.6. The number of carbonyl (C=O) groups is 1. The van der Waals surface area contributed by atoms with Crippen molar-refractivity contribution < 1.29 is 14.3 Å². The second-order valence-corrected chi connectivity index (χ2v) is 5.79. The van der Waals surface area contributed by atoms with Crippen LogP contribution < -0.4 is 20.1 Å². The van der Waals surface area contributed by atoms with Crippen LogP contribution in [0.5, 0.6) is 11.5 Å². The fourth-order valence-corrected chi connectivity index (χ4v) is 2.61. The van der Waals surface area contributed by atoms with Crippen LogP contribution in [0, 0.1) is 0 Å². The molecule has 0 fully saturated rings. The number of hydrogen-bond acceptors (Lipinski definition) is 4. The van der Waals surface area contributed by atoms with Gasteiger partial charge >= 0.3 is 6.03 Å². The molecule has 0 radical (unpaired) electrons. The van der Waals surface area contributed by atoms with Gasteiger partial charge in [-0.05, 0) is 31.8 Å². The molecule has 24 heavy (non-hydrogen) atoms. The minimum absolute atomic E-state index is 0.105. The van der Waals surface area contributed by atoms with Crippen molar-refractivity contribution >= 4 is 11.7 Å². The van der Waals surface area contributed by atoms with E-state index in [9.17, 15) is 4.79 Å². The molecule has 2 aromatic rings. The number of carbonyl (C=O) groups excluding carboxylic acids is 1. The van der Waals surface area contributed by atoms with Gasteiger partial charge in [0.15, 0.2) is 11.5 Å². The standard InChI is InChI=1S/C18H21N3O3/c1-21(2)15(13-6-4-3-5-7-13)11-19-18(22)20-14-8-9-16-17(10-14)24-12-23-16/h3-10,15H,11-12H2,1-2H3,(H2,19,20,22)/t15-/m0/s1. The van der Waals surface area contributed by atoms with E-state index in [0.29, 0.717) is 23.7 Å². The van der Waals surface area contributed by atoms with Crippen LogP contribution in [0.25, 0.3) is 0 Å². The van der Waals surface area contributed by atoms with E-state index in [1.54, 1.807) is 18.2 Å². The summed E-state index contributed by atoms with van der Waals surface area (Å²) >= 11 is 0. The van der Waals surface area contributed by atoms with E-state index >= 15 is 0 Å². The van der Waals surface area contributed by atoms with Gasteiger partial charge in [0, 0.05) is 18.3 Å². The monoisotopic (exact) mass is 327 g/mol. The predicted molar refractivity (Wildman–Crippen MR) is 92.5 cm³/mol. The van der Waals surface area contributed by atoms with Crippen LogP contribution in [0.1, 0.15) is 11.6 Å². The van der Waals surface area contributed by atoms with Gasteiger partial charge in [-0.15, -0.1) is 0 Å². The Morgan fingerprint density at radius 1 is 1.12 bits per heavy atom. The molecular formula is C18H21N3O3. The topological polar surface area (TPSA) is 62.8 Å². The first-order valence-corrected chi connectivity index (χ1v) is 7.79. The molecule has 0 saturated heterocycles. The van der Waals surface area contributed by atoms with Gasteiger partial charge in [-0.2, -0.15) is 0 Å². The van der Waals surface area contributed by atoms with Crippen LogP contribution in [0.3, 0.4) is 0 Å². The maximum absolute atomic E-state index is 12.2. The molecule has 0 aromatic heterocycles. The van der Waals surface area contributed by atoms with Crippen molar-refractivity contribution in [3.63, 3.8) is 0 Å². The van der Waals surface area contributed by atoms with Crippen LogP contribution in [0.2, 0.25) is 0 Å². The number of nitrogens with zero attached hydrogens (tertiary/aromatic N) is 1. The number of likely N-dealkylation sites (N-methyl/N-ethyl adjacent to an activating group) is 1. The maximum atomic E-state index is 12.2. The normalized spacial score (nSPS) is 13.6. The summed E-state index contributed by atoms with van der Waals surface area (Å²) in [6.45, 7) is 0.722. The van der Waals surface area contributed by atoms with E-state index in [4.69, 9.17) is 9.47 Å². The Hall–Kier alpha value is -2.73. The van der Waals surface area contributed by atoms with E-state index < -0.39 is 0 Å². The number of nitrogens with one attached hydrogen (secondary N) is 2. The zero-order chi connectivity index (χ0) is 16.9. The Labute approximate surface area is 141 Å². The number of fused-ring (bicyclic) bond motifs is 1. The number of hydrogen-bond donors (Lipinski definition) is 2. The first-order valence-electron chi connectivity index (χ1n) is 7.79. The van der Waals surface area contributed by atoms with Gasteiger partial charge in [0.05, 0.1) is 6.04 Å². The molecule has 2 aromatic carbocycles. The quantitative estimate of drug-likeness (QED) is 0.886. The number of amides is 2. The summed E-state index contributed by atoms with van der Waals surface area (Å²) in [5.74, 6) is 1.33. The summed E-state index contributed by atoms with van der Waals surface area (Å²) in [6.07, 6.45) is 0. The zero-order valence-electron chi connectivity index (χ0n) is 13.8. The molecule has 0 unspecified atom stereocenters. The lowest BCUT2D eigenvalue weighted by Crippen LogP contribution is -2.36. The van der Waals surface area contributed by atoms with Crippen molar-refractivity contribution in [2.24, 2.45) is 0 Å². The van der Waals surface area contributed by atoms with Crippen molar-refractivity contribution in [3.8, 4) is 11.5 Å². The van der Waals surface area contributed by atoms with Gasteiger partial charge < -0.3 is 25.0 Å². The third-order valence-corrected chi connectivity index (χ3v) is 3.89. The molecule has 2 N–H and O–H groups in total. The molecule has 1 heterocycles. The summed E-state index contributed by atoms with van der Waals surface area (Å²) in [4.78, 5) is 14.2. The number of benzene rings is 2. The van der Waals surface area contributed by atoms with Gasteiger partial charge in [0.2, 0.25) is 6.79 Å². The van der Waals surface area contributed by atoms with Crippen LogP contribution in [0.15, 0.2) is 48.5 Å². The summed E-state index contributed by atoms with van der Waals surface area (Å²) in [7, 11) is 3.99. The van der Waals surface area contributed by atoms with Crippen LogP contribution in [0.4, 0.5) is 10.5 Å². The lowest BCUT2D eigenvalue weighted by atomic mass is 10.1. The molecule has 2 amide bonds. The van der Waals surface area contributed by atoms with Gasteiger partial charge in [-0.1, -0.05) is 30.3 Å². The third-order valence-electron chi connectivity index (χ3n) is 3.89. The second kappa shape index (κ2) is 7.23. The third kappa shape index (κ3) is 3.78. The van der Waals surface area contributed by atoms with E-state index in [2.05, 4.69) is 27.7 Å². The Morgan fingerprint density at radius 3 is 2.62 bits per heavy atom. The SMILES string of the molecule is CN(C)[C@@H](CNC(=O)Nc1ccc2c(c1)OCO2)c1ccccc1. The zero-order valence-corrected chi connectivity index (χ0v) is 13.8. The Bertz CT molecular complexity index is 704. The van der Waals surface area contributed by atoms with Crippen LogP contribution in [-0.2, 0) is 0 Å². The summed E-state index contributed by atoms with van der Waals surface area (Å²) in [5.41, 5.74) is 1.82. The fraction of sp³-hybridized carbons (Fsp3) is 0.278. The van der Waals surface area contributed by atoms with Crippen molar-refractivity contribution in [1.29, 1.82) is 0 Å². The lowest BCUT2D eigenvalue weighted by Gasteiger charge is -2.25. The lowest BCUT2D eigenvalue weighted by molar-refractivity contribution is 0.174. The maximum Gasteiger partial charge on any atom is 0.319 e. The molecule has 0 saturated carbocycles. The Kier molecular flexibility index (Phi) is 4.86. The molecule has 0 aliphatic carbocycles. The molecule has 126 valence electrons. The number of rotatable bonds is 5. The van der Waals surface area contributed by atoms with Gasteiger partial charge in [-0.25, -0.2) is 4.79 Å². The number of ether oxygens (including phenoxy) is 2. The van der Waals surface area contributed by atoms with E-state index in [1.807, 2.05) is 32.3 Å². The Morgan fingerprint density at radius 2 is 1.88 bits per heavy atom. The fourth-order valence-electron chi connectivity index (χ4n) is 2.61. The van der Waals surface area contributed by atoms with Gasteiger partial charge in [-0.3, -0.25) is 0 Å².